The molecule has 0 aliphatic rings. The molecule has 0 spiro atoms. The maximum atomic E-state index is 12.5. The number of carbonyl (C=O) groups excluding carboxylic acids is 1. The van der Waals surface area contributed by atoms with Crippen LogP contribution in [-0.4, -0.2) is 10.8 Å². The topological polar surface area (TPSA) is 30.0 Å². The van der Waals surface area contributed by atoms with Gasteiger partial charge in [-0.25, -0.2) is 0 Å². The van der Waals surface area contributed by atoms with Crippen LogP contribution in [-0.2, 0) is 0 Å². The first-order valence-electron chi connectivity index (χ1n) is 6.31. The molecule has 3 rings (SSSR count). The maximum Gasteiger partial charge on any atom is 0.193 e. The molecule has 0 fully saturated rings. The van der Waals surface area contributed by atoms with Crippen LogP contribution in [0, 0.1) is 10.5 Å². The Labute approximate surface area is 131 Å². The van der Waals surface area contributed by atoms with Crippen molar-refractivity contribution in [3.05, 3.63) is 75.0 Å². The van der Waals surface area contributed by atoms with Gasteiger partial charge in [-0.05, 0) is 65.9 Å². The quantitative estimate of drug-likeness (QED) is 0.493. The van der Waals surface area contributed by atoms with E-state index in [1.807, 2.05) is 61.5 Å². The molecule has 0 aliphatic carbocycles. The van der Waals surface area contributed by atoms with Crippen LogP contribution in [0.2, 0.25) is 0 Å². The number of ketones is 1. The van der Waals surface area contributed by atoms with Crippen molar-refractivity contribution in [2.75, 3.05) is 0 Å². The highest BCUT2D eigenvalue weighted by Gasteiger charge is 2.10. The predicted octanol–water partition coefficient (Wildman–Crippen LogP) is 4.38. The normalized spacial score (nSPS) is 10.7. The van der Waals surface area contributed by atoms with E-state index in [4.69, 9.17) is 0 Å². The smallest absolute Gasteiger partial charge is 0.193 e. The SMILES string of the molecule is Cc1ccc2cc(C(=O)c3cccc(I)c3)ccc2n1. The minimum atomic E-state index is 0.0472. The Balaban J connectivity index is 2.06. The molecule has 1 aromatic heterocycles. The molecule has 0 amide bonds. The summed E-state index contributed by atoms with van der Waals surface area (Å²) in [5.74, 6) is 0.0472. The molecule has 0 saturated carbocycles. The van der Waals surface area contributed by atoms with Gasteiger partial charge in [0, 0.05) is 25.8 Å². The van der Waals surface area contributed by atoms with Gasteiger partial charge in [0.15, 0.2) is 5.78 Å². The highest BCUT2D eigenvalue weighted by Crippen LogP contribution is 2.18. The fourth-order valence-corrected chi connectivity index (χ4v) is 2.71. The first kappa shape index (κ1) is 13.2. The summed E-state index contributed by atoms with van der Waals surface area (Å²) in [5, 5.41) is 0.993. The van der Waals surface area contributed by atoms with Gasteiger partial charge in [-0.15, -0.1) is 0 Å². The Bertz CT molecular complexity index is 811. The Morgan fingerprint density at radius 3 is 2.60 bits per heavy atom. The third-order valence-electron chi connectivity index (χ3n) is 3.18. The van der Waals surface area contributed by atoms with E-state index in [9.17, 15) is 4.79 Å². The summed E-state index contributed by atoms with van der Waals surface area (Å²) in [4.78, 5) is 16.9. The fraction of sp³-hybridized carbons (Fsp3) is 0.0588. The third-order valence-corrected chi connectivity index (χ3v) is 3.85. The molecule has 0 unspecified atom stereocenters. The van der Waals surface area contributed by atoms with Crippen LogP contribution in [0.1, 0.15) is 21.6 Å². The van der Waals surface area contributed by atoms with E-state index in [2.05, 4.69) is 27.6 Å². The van der Waals surface area contributed by atoms with Crippen LogP contribution in [0.15, 0.2) is 54.6 Å². The van der Waals surface area contributed by atoms with Gasteiger partial charge < -0.3 is 0 Å². The molecule has 0 N–H and O–H groups in total. The second-order valence-electron chi connectivity index (χ2n) is 4.70. The lowest BCUT2D eigenvalue weighted by Crippen LogP contribution is -2.01. The average Bonchev–Trinajstić information content (AvgIpc) is 2.46. The monoisotopic (exact) mass is 373 g/mol. The van der Waals surface area contributed by atoms with Crippen LogP contribution in [0.25, 0.3) is 10.9 Å². The molecule has 20 heavy (non-hydrogen) atoms. The summed E-state index contributed by atoms with van der Waals surface area (Å²) < 4.78 is 1.06. The zero-order valence-corrected chi connectivity index (χ0v) is 13.1. The van der Waals surface area contributed by atoms with Crippen LogP contribution >= 0.6 is 22.6 Å². The second-order valence-corrected chi connectivity index (χ2v) is 5.95. The Kier molecular flexibility index (Phi) is 3.53. The summed E-state index contributed by atoms with van der Waals surface area (Å²) in [5.41, 5.74) is 3.32. The maximum absolute atomic E-state index is 12.5. The predicted molar refractivity (Wildman–Crippen MR) is 89.1 cm³/mol. The van der Waals surface area contributed by atoms with Gasteiger partial charge in [0.05, 0.1) is 5.52 Å². The summed E-state index contributed by atoms with van der Waals surface area (Å²) in [6.07, 6.45) is 0. The van der Waals surface area contributed by atoms with Gasteiger partial charge in [0.25, 0.3) is 0 Å². The van der Waals surface area contributed by atoms with Crippen molar-refractivity contribution in [2.45, 2.75) is 6.92 Å². The number of hydrogen-bond acceptors (Lipinski definition) is 2. The van der Waals surface area contributed by atoms with Gasteiger partial charge in [-0.3, -0.25) is 9.78 Å². The lowest BCUT2D eigenvalue weighted by atomic mass is 10.0. The third kappa shape index (κ3) is 2.58. The number of carbonyl (C=O) groups is 1. The Morgan fingerprint density at radius 2 is 1.80 bits per heavy atom. The number of aryl methyl sites for hydroxylation is 1. The van der Waals surface area contributed by atoms with Crippen molar-refractivity contribution in [1.29, 1.82) is 0 Å². The average molecular weight is 373 g/mol. The van der Waals surface area contributed by atoms with E-state index < -0.39 is 0 Å². The summed E-state index contributed by atoms with van der Waals surface area (Å²) in [6.45, 7) is 1.96. The van der Waals surface area contributed by atoms with Gasteiger partial charge in [0.2, 0.25) is 0 Å². The molecule has 0 atom stereocenters. The van der Waals surface area contributed by atoms with E-state index >= 15 is 0 Å². The highest BCUT2D eigenvalue weighted by molar-refractivity contribution is 14.1. The van der Waals surface area contributed by atoms with E-state index in [0.29, 0.717) is 5.56 Å². The molecular formula is C17H12INO. The molecule has 0 radical (unpaired) electrons. The molecule has 2 nitrogen and oxygen atoms in total. The number of rotatable bonds is 2. The van der Waals surface area contributed by atoms with Crippen molar-refractivity contribution in [3.63, 3.8) is 0 Å². The number of hydrogen-bond donors (Lipinski definition) is 0. The largest absolute Gasteiger partial charge is 0.289 e. The fourth-order valence-electron chi connectivity index (χ4n) is 2.17. The lowest BCUT2D eigenvalue weighted by Gasteiger charge is -2.04. The van der Waals surface area contributed by atoms with E-state index in [-0.39, 0.29) is 5.78 Å². The van der Waals surface area contributed by atoms with Crippen LogP contribution in [0.3, 0.4) is 0 Å². The Hall–Kier alpha value is -1.75. The van der Waals surface area contributed by atoms with Crippen molar-refractivity contribution in [1.82, 2.24) is 4.98 Å². The van der Waals surface area contributed by atoms with E-state index in [1.54, 1.807) is 0 Å². The minimum absolute atomic E-state index is 0.0472. The van der Waals surface area contributed by atoms with Crippen LogP contribution < -0.4 is 0 Å². The van der Waals surface area contributed by atoms with E-state index in [0.717, 1.165) is 25.7 Å². The zero-order valence-electron chi connectivity index (χ0n) is 10.9. The van der Waals surface area contributed by atoms with Crippen LogP contribution in [0.5, 0.6) is 0 Å². The Morgan fingerprint density at radius 1 is 1.00 bits per heavy atom. The molecule has 1 heterocycles. The number of aromatic nitrogens is 1. The van der Waals surface area contributed by atoms with Crippen molar-refractivity contribution in [3.8, 4) is 0 Å². The number of pyridine rings is 1. The first-order valence-corrected chi connectivity index (χ1v) is 7.39. The second kappa shape index (κ2) is 5.32. The number of nitrogens with zero attached hydrogens (tertiary/aromatic N) is 1. The number of benzene rings is 2. The molecule has 0 aliphatic heterocycles. The molecule has 98 valence electrons. The minimum Gasteiger partial charge on any atom is -0.289 e. The summed E-state index contributed by atoms with van der Waals surface area (Å²) in [7, 11) is 0. The van der Waals surface area contributed by atoms with Gasteiger partial charge >= 0.3 is 0 Å². The number of fused-ring (bicyclic) bond motifs is 1. The molecule has 0 saturated heterocycles. The molecule has 3 aromatic rings. The van der Waals surface area contributed by atoms with Crippen molar-refractivity contribution < 1.29 is 4.79 Å². The van der Waals surface area contributed by atoms with Gasteiger partial charge in [-0.1, -0.05) is 18.2 Å². The van der Waals surface area contributed by atoms with Crippen LogP contribution in [0.4, 0.5) is 0 Å². The standard InChI is InChI=1S/C17H12INO/c1-11-5-6-12-9-14(7-8-16(12)19-11)17(20)13-3-2-4-15(18)10-13/h2-10H,1H3. The van der Waals surface area contributed by atoms with Crippen molar-refractivity contribution in [2.24, 2.45) is 0 Å². The molecule has 3 heteroatoms. The molecule has 2 aromatic carbocycles. The molecular weight excluding hydrogens is 361 g/mol. The highest BCUT2D eigenvalue weighted by atomic mass is 127. The first-order chi connectivity index (χ1) is 9.63. The summed E-state index contributed by atoms with van der Waals surface area (Å²) >= 11 is 2.21. The molecule has 0 bridgehead atoms. The zero-order chi connectivity index (χ0) is 14.1. The number of halogens is 1. The lowest BCUT2D eigenvalue weighted by molar-refractivity contribution is 0.103. The van der Waals surface area contributed by atoms with E-state index in [1.165, 1.54) is 0 Å². The van der Waals surface area contributed by atoms with Crippen molar-refractivity contribution >= 4 is 39.3 Å². The summed E-state index contributed by atoms with van der Waals surface area (Å²) in [6, 6.07) is 17.3. The van der Waals surface area contributed by atoms with Gasteiger partial charge in [0.1, 0.15) is 0 Å². The van der Waals surface area contributed by atoms with Gasteiger partial charge in [-0.2, -0.15) is 0 Å².